The van der Waals surface area contributed by atoms with E-state index >= 15 is 0 Å². The maximum absolute atomic E-state index is 10.0. The summed E-state index contributed by atoms with van der Waals surface area (Å²) in [6, 6.07) is 9.92. The average Bonchev–Trinajstić information content (AvgIpc) is 3.16. The van der Waals surface area contributed by atoms with Crippen LogP contribution in [0, 0.1) is 45.3 Å². The van der Waals surface area contributed by atoms with Gasteiger partial charge in [-0.3, -0.25) is 4.98 Å². The molecule has 1 spiro atoms. The fourth-order valence-electron chi connectivity index (χ4n) is 4.55. The van der Waals surface area contributed by atoms with Gasteiger partial charge in [-0.1, -0.05) is 6.08 Å². The highest BCUT2D eigenvalue weighted by Crippen LogP contribution is 2.57. The SMILES string of the molecule is N#CC1=C(N)C(C#N)(C#N)[C@H](c2ccncc2)[C@H]2CC3(CC=C12)OCCO3. The van der Waals surface area contributed by atoms with Crippen molar-refractivity contribution in [3.63, 3.8) is 0 Å². The van der Waals surface area contributed by atoms with E-state index in [1.54, 1.807) is 24.5 Å². The fourth-order valence-corrected chi connectivity index (χ4v) is 4.55. The second-order valence-electron chi connectivity index (χ2n) is 6.97. The standard InChI is InChI=1S/C20H17N5O2/c21-10-16-14-1-4-20(26-7-8-27-20)9-15(14)17(13-2-5-25-6-3-13)19(11-22,12-23)18(16)24/h1-3,5-6,15,17H,4,7-9,24H2/t15-,17+/m0/s1. The van der Waals surface area contributed by atoms with Crippen molar-refractivity contribution in [3.05, 3.63) is 53.0 Å². The van der Waals surface area contributed by atoms with Crippen LogP contribution in [0.1, 0.15) is 24.3 Å². The zero-order valence-corrected chi connectivity index (χ0v) is 14.6. The lowest BCUT2D eigenvalue weighted by Gasteiger charge is -2.46. The van der Waals surface area contributed by atoms with Crippen molar-refractivity contribution in [2.45, 2.75) is 24.5 Å². The Labute approximate surface area is 156 Å². The van der Waals surface area contributed by atoms with Gasteiger partial charge in [0.2, 0.25) is 0 Å². The minimum Gasteiger partial charge on any atom is -0.399 e. The number of fused-ring (bicyclic) bond motifs is 1. The molecule has 2 heterocycles. The average molecular weight is 359 g/mol. The molecule has 1 aliphatic heterocycles. The van der Waals surface area contributed by atoms with Crippen molar-refractivity contribution in [1.29, 1.82) is 15.8 Å². The summed E-state index contributed by atoms with van der Waals surface area (Å²) in [7, 11) is 0. The van der Waals surface area contributed by atoms with Gasteiger partial charge in [-0.25, -0.2) is 0 Å². The first-order valence-electron chi connectivity index (χ1n) is 8.72. The van der Waals surface area contributed by atoms with Crippen molar-refractivity contribution < 1.29 is 9.47 Å². The smallest absolute Gasteiger partial charge is 0.191 e. The highest BCUT2D eigenvalue weighted by molar-refractivity contribution is 5.59. The number of ether oxygens (including phenoxy) is 2. The Bertz CT molecular complexity index is 941. The molecule has 1 saturated heterocycles. The molecule has 134 valence electrons. The zero-order chi connectivity index (χ0) is 19.1. The summed E-state index contributed by atoms with van der Waals surface area (Å²) in [5, 5.41) is 29.7. The van der Waals surface area contributed by atoms with Crippen LogP contribution in [0.3, 0.4) is 0 Å². The summed E-state index contributed by atoms with van der Waals surface area (Å²) in [6.45, 7) is 1.00. The van der Waals surface area contributed by atoms with Crippen LogP contribution in [-0.2, 0) is 9.47 Å². The second-order valence-corrected chi connectivity index (χ2v) is 6.97. The van der Waals surface area contributed by atoms with Crippen molar-refractivity contribution in [1.82, 2.24) is 4.98 Å². The Morgan fingerprint density at radius 2 is 1.78 bits per heavy atom. The third-order valence-electron chi connectivity index (χ3n) is 5.76. The Kier molecular flexibility index (Phi) is 3.97. The van der Waals surface area contributed by atoms with Crippen LogP contribution >= 0.6 is 0 Å². The van der Waals surface area contributed by atoms with E-state index in [1.165, 1.54) is 0 Å². The largest absolute Gasteiger partial charge is 0.399 e. The predicted molar refractivity (Wildman–Crippen MR) is 92.9 cm³/mol. The molecule has 0 unspecified atom stereocenters. The lowest BCUT2D eigenvalue weighted by atomic mass is 9.56. The molecular formula is C20H17N5O2. The van der Waals surface area contributed by atoms with Gasteiger partial charge in [0.25, 0.3) is 0 Å². The van der Waals surface area contributed by atoms with Crippen molar-refractivity contribution >= 4 is 0 Å². The maximum Gasteiger partial charge on any atom is 0.191 e. The summed E-state index contributed by atoms with van der Waals surface area (Å²) >= 11 is 0. The monoisotopic (exact) mass is 359 g/mol. The van der Waals surface area contributed by atoms with E-state index in [-0.39, 0.29) is 17.2 Å². The molecule has 7 nitrogen and oxygen atoms in total. The van der Waals surface area contributed by atoms with Gasteiger partial charge < -0.3 is 15.2 Å². The van der Waals surface area contributed by atoms with Gasteiger partial charge in [0, 0.05) is 31.2 Å². The molecule has 0 radical (unpaired) electrons. The Morgan fingerprint density at radius 1 is 1.11 bits per heavy atom. The van der Waals surface area contributed by atoms with Crippen molar-refractivity contribution in [2.24, 2.45) is 17.1 Å². The van der Waals surface area contributed by atoms with Gasteiger partial charge >= 0.3 is 0 Å². The second kappa shape index (κ2) is 6.21. The number of nitrogens with zero attached hydrogens (tertiary/aromatic N) is 4. The molecule has 7 heteroatoms. The Hall–Kier alpha value is -3.18. The number of hydrogen-bond donors (Lipinski definition) is 1. The molecule has 0 bridgehead atoms. The number of hydrogen-bond acceptors (Lipinski definition) is 7. The van der Waals surface area contributed by atoms with Gasteiger partial charge in [-0.2, -0.15) is 15.8 Å². The molecule has 0 amide bonds. The molecule has 1 fully saturated rings. The minimum absolute atomic E-state index is 0.0171. The van der Waals surface area contributed by atoms with E-state index in [4.69, 9.17) is 15.2 Å². The van der Waals surface area contributed by atoms with Crippen LogP contribution in [0.25, 0.3) is 0 Å². The fraction of sp³-hybridized carbons (Fsp3) is 0.400. The van der Waals surface area contributed by atoms with E-state index in [2.05, 4.69) is 23.2 Å². The molecule has 0 saturated carbocycles. The van der Waals surface area contributed by atoms with Crippen molar-refractivity contribution in [3.8, 4) is 18.2 Å². The van der Waals surface area contributed by atoms with Crippen molar-refractivity contribution in [2.75, 3.05) is 13.2 Å². The van der Waals surface area contributed by atoms with Gasteiger partial charge in [0.05, 0.1) is 36.6 Å². The van der Waals surface area contributed by atoms with E-state index in [9.17, 15) is 15.8 Å². The summed E-state index contributed by atoms with van der Waals surface area (Å²) < 4.78 is 11.7. The molecule has 2 N–H and O–H groups in total. The molecule has 2 atom stereocenters. The van der Waals surface area contributed by atoms with Crippen LogP contribution in [0.15, 0.2) is 47.4 Å². The number of pyridine rings is 1. The lowest BCUT2D eigenvalue weighted by Crippen LogP contribution is -2.47. The van der Waals surface area contributed by atoms with E-state index in [0.29, 0.717) is 26.1 Å². The zero-order valence-electron chi connectivity index (χ0n) is 14.6. The first-order chi connectivity index (χ1) is 13.1. The number of rotatable bonds is 1. The molecule has 2 aliphatic carbocycles. The van der Waals surface area contributed by atoms with Gasteiger partial charge in [0.1, 0.15) is 6.07 Å². The molecule has 27 heavy (non-hydrogen) atoms. The Balaban J connectivity index is 1.97. The minimum atomic E-state index is -1.65. The molecule has 1 aromatic rings. The van der Waals surface area contributed by atoms with Gasteiger partial charge in [-0.15, -0.1) is 0 Å². The maximum atomic E-state index is 10.0. The summed E-state index contributed by atoms with van der Waals surface area (Å²) in [5.74, 6) is -1.63. The number of allylic oxidation sites excluding steroid dienone is 3. The molecule has 1 aromatic heterocycles. The summed E-state index contributed by atoms with van der Waals surface area (Å²) in [5.41, 5.74) is 6.40. The van der Waals surface area contributed by atoms with Crippen LogP contribution < -0.4 is 5.73 Å². The first-order valence-corrected chi connectivity index (χ1v) is 8.72. The predicted octanol–water partition coefficient (Wildman–Crippen LogP) is 2.03. The number of nitrogens with two attached hydrogens (primary N) is 1. The molecule has 4 rings (SSSR count). The van der Waals surface area contributed by atoms with E-state index < -0.39 is 17.1 Å². The normalized spacial score (nSPS) is 27.8. The molecule has 3 aliphatic rings. The highest BCUT2D eigenvalue weighted by atomic mass is 16.7. The first kappa shape index (κ1) is 17.2. The molecule has 0 aromatic carbocycles. The quantitative estimate of drug-likeness (QED) is 0.812. The third kappa shape index (κ3) is 2.35. The van der Waals surface area contributed by atoms with E-state index in [0.717, 1.165) is 11.1 Å². The van der Waals surface area contributed by atoms with Crippen LogP contribution in [0.5, 0.6) is 0 Å². The number of nitriles is 3. The van der Waals surface area contributed by atoms with Gasteiger partial charge in [0.15, 0.2) is 11.2 Å². The van der Waals surface area contributed by atoms with Crippen LogP contribution in [0.4, 0.5) is 0 Å². The highest BCUT2D eigenvalue weighted by Gasteiger charge is 2.57. The van der Waals surface area contributed by atoms with Crippen LogP contribution in [-0.4, -0.2) is 24.0 Å². The summed E-state index contributed by atoms with van der Waals surface area (Å²) in [6.07, 6.45) is 6.12. The lowest BCUT2D eigenvalue weighted by molar-refractivity contribution is -0.171. The topological polar surface area (TPSA) is 129 Å². The molecular weight excluding hydrogens is 342 g/mol. The number of aromatic nitrogens is 1. The summed E-state index contributed by atoms with van der Waals surface area (Å²) in [4.78, 5) is 4.04. The third-order valence-corrected chi connectivity index (χ3v) is 5.76. The van der Waals surface area contributed by atoms with Crippen LogP contribution in [0.2, 0.25) is 0 Å². The van der Waals surface area contributed by atoms with E-state index in [1.807, 2.05) is 6.08 Å². The Morgan fingerprint density at radius 3 is 2.37 bits per heavy atom. The van der Waals surface area contributed by atoms with Gasteiger partial charge in [-0.05, 0) is 29.2 Å².